The molecule has 1 aromatic carbocycles. The Kier molecular flexibility index (Phi) is 3.61. The number of halogens is 2. The Balaban J connectivity index is 1.70. The van der Waals surface area contributed by atoms with Crippen LogP contribution in [0.5, 0.6) is 0 Å². The van der Waals surface area contributed by atoms with E-state index in [4.69, 9.17) is 4.52 Å². The van der Waals surface area contributed by atoms with E-state index in [1.54, 1.807) is 6.07 Å². The third-order valence-electron chi connectivity index (χ3n) is 3.04. The molecule has 19 heavy (non-hydrogen) atoms. The molecule has 0 aliphatic heterocycles. The van der Waals surface area contributed by atoms with Crippen LogP contribution in [0.25, 0.3) is 11.4 Å². The molecule has 1 aliphatic carbocycles. The van der Waals surface area contributed by atoms with Gasteiger partial charge < -0.3 is 9.84 Å². The third kappa shape index (κ3) is 3.19. The van der Waals surface area contributed by atoms with Crippen LogP contribution >= 0.6 is 15.9 Å². The van der Waals surface area contributed by atoms with E-state index in [2.05, 4.69) is 31.4 Å². The number of nitrogens with zero attached hydrogens (tertiary/aromatic N) is 2. The lowest BCUT2D eigenvalue weighted by molar-refractivity contribution is 0.367. The number of aromatic nitrogens is 2. The van der Waals surface area contributed by atoms with Gasteiger partial charge in [-0.15, -0.1) is 0 Å². The number of nitrogens with one attached hydrogen (secondary N) is 1. The fraction of sp³-hybridized carbons (Fsp3) is 0.385. The van der Waals surface area contributed by atoms with Crippen molar-refractivity contribution in [1.29, 1.82) is 0 Å². The molecule has 0 radical (unpaired) electrons. The van der Waals surface area contributed by atoms with Crippen molar-refractivity contribution >= 4 is 15.9 Å². The zero-order chi connectivity index (χ0) is 13.2. The van der Waals surface area contributed by atoms with Gasteiger partial charge in [-0.1, -0.05) is 21.1 Å². The van der Waals surface area contributed by atoms with Gasteiger partial charge in [0, 0.05) is 10.0 Å². The van der Waals surface area contributed by atoms with E-state index in [-0.39, 0.29) is 5.82 Å². The van der Waals surface area contributed by atoms with Crippen LogP contribution in [0, 0.1) is 11.7 Å². The van der Waals surface area contributed by atoms with Crippen molar-refractivity contribution in [3.05, 3.63) is 34.4 Å². The maximum absolute atomic E-state index is 13.2. The first-order valence-corrected chi connectivity index (χ1v) is 7.00. The lowest BCUT2D eigenvalue weighted by Gasteiger charge is -1.99. The molecule has 4 nitrogen and oxygen atoms in total. The summed E-state index contributed by atoms with van der Waals surface area (Å²) in [6.07, 6.45) is 2.61. The fourth-order valence-electron chi connectivity index (χ4n) is 1.81. The number of benzene rings is 1. The minimum Gasteiger partial charge on any atom is -0.338 e. The summed E-state index contributed by atoms with van der Waals surface area (Å²) in [5.74, 6) is 1.40. The van der Waals surface area contributed by atoms with Gasteiger partial charge in [-0.3, -0.25) is 0 Å². The molecular formula is C13H13BrFN3O. The Morgan fingerprint density at radius 2 is 2.26 bits per heavy atom. The largest absolute Gasteiger partial charge is 0.338 e. The Hall–Kier alpha value is -1.27. The molecule has 0 saturated heterocycles. The quantitative estimate of drug-likeness (QED) is 0.917. The highest BCUT2D eigenvalue weighted by Crippen LogP contribution is 2.28. The van der Waals surface area contributed by atoms with Gasteiger partial charge in [-0.25, -0.2) is 4.39 Å². The van der Waals surface area contributed by atoms with E-state index in [9.17, 15) is 4.39 Å². The Labute approximate surface area is 118 Å². The Morgan fingerprint density at radius 3 is 3.05 bits per heavy atom. The van der Waals surface area contributed by atoms with Crippen LogP contribution in [0.4, 0.5) is 4.39 Å². The Morgan fingerprint density at radius 1 is 1.42 bits per heavy atom. The maximum Gasteiger partial charge on any atom is 0.240 e. The number of rotatable bonds is 5. The zero-order valence-corrected chi connectivity index (χ0v) is 11.8. The van der Waals surface area contributed by atoms with E-state index in [1.165, 1.54) is 25.0 Å². The second-order valence-corrected chi connectivity index (χ2v) is 5.56. The fourth-order valence-corrected chi connectivity index (χ4v) is 2.23. The molecule has 3 rings (SSSR count). The average Bonchev–Trinajstić information content (AvgIpc) is 3.10. The first kappa shape index (κ1) is 12.7. The third-order valence-corrected chi connectivity index (χ3v) is 3.74. The molecule has 0 atom stereocenters. The van der Waals surface area contributed by atoms with Crippen molar-refractivity contribution in [1.82, 2.24) is 15.5 Å². The smallest absolute Gasteiger partial charge is 0.240 e. The van der Waals surface area contributed by atoms with Crippen molar-refractivity contribution in [3.63, 3.8) is 0 Å². The van der Waals surface area contributed by atoms with E-state index in [0.717, 1.165) is 16.9 Å². The summed E-state index contributed by atoms with van der Waals surface area (Å²) in [6.45, 7) is 1.54. The van der Waals surface area contributed by atoms with Gasteiger partial charge >= 0.3 is 0 Å². The standard InChI is InChI=1S/C13H13BrFN3O/c14-11-4-3-9(15)5-10(11)13-17-12(19-18-13)7-16-6-8-1-2-8/h3-5,8,16H,1-2,6-7H2. The maximum atomic E-state index is 13.2. The van der Waals surface area contributed by atoms with E-state index >= 15 is 0 Å². The van der Waals surface area contributed by atoms with Crippen molar-refractivity contribution < 1.29 is 8.91 Å². The molecule has 0 bridgehead atoms. The molecule has 0 amide bonds. The summed E-state index contributed by atoms with van der Waals surface area (Å²) in [4.78, 5) is 4.26. The predicted octanol–water partition coefficient (Wildman–Crippen LogP) is 3.14. The lowest BCUT2D eigenvalue weighted by atomic mass is 10.2. The predicted molar refractivity (Wildman–Crippen MR) is 71.8 cm³/mol. The van der Waals surface area contributed by atoms with Gasteiger partial charge in [0.2, 0.25) is 11.7 Å². The summed E-state index contributed by atoms with van der Waals surface area (Å²) in [6, 6.07) is 4.40. The van der Waals surface area contributed by atoms with Crippen molar-refractivity contribution in [3.8, 4) is 11.4 Å². The molecule has 100 valence electrons. The second kappa shape index (κ2) is 5.38. The molecule has 6 heteroatoms. The van der Waals surface area contributed by atoms with Crippen LogP contribution < -0.4 is 5.32 Å². The molecule has 1 saturated carbocycles. The molecule has 0 spiro atoms. The topological polar surface area (TPSA) is 51.0 Å². The number of hydrogen-bond acceptors (Lipinski definition) is 4. The minimum absolute atomic E-state index is 0.323. The van der Waals surface area contributed by atoms with E-state index in [1.807, 2.05) is 0 Å². The molecule has 0 unspecified atom stereocenters. The molecule has 1 aromatic heterocycles. The van der Waals surface area contributed by atoms with Gasteiger partial charge in [-0.2, -0.15) is 4.98 Å². The normalized spacial score (nSPS) is 14.8. The summed E-state index contributed by atoms with van der Waals surface area (Å²) < 4.78 is 19.1. The van der Waals surface area contributed by atoms with Gasteiger partial charge in [0.15, 0.2) is 0 Å². The van der Waals surface area contributed by atoms with Crippen molar-refractivity contribution in [2.75, 3.05) is 6.54 Å². The van der Waals surface area contributed by atoms with Crippen LogP contribution in [-0.4, -0.2) is 16.7 Å². The van der Waals surface area contributed by atoms with Crippen molar-refractivity contribution in [2.45, 2.75) is 19.4 Å². The van der Waals surface area contributed by atoms with Crippen molar-refractivity contribution in [2.24, 2.45) is 5.92 Å². The van der Waals surface area contributed by atoms with E-state index in [0.29, 0.717) is 23.8 Å². The SMILES string of the molecule is Fc1ccc(Br)c(-c2noc(CNCC3CC3)n2)c1. The second-order valence-electron chi connectivity index (χ2n) is 4.71. The minimum atomic E-state index is -0.323. The molecule has 1 heterocycles. The van der Waals surface area contributed by atoms with Gasteiger partial charge in [0.05, 0.1) is 6.54 Å². The van der Waals surface area contributed by atoms with Crippen LogP contribution in [0.2, 0.25) is 0 Å². The molecule has 2 aromatic rings. The van der Waals surface area contributed by atoms with Crippen LogP contribution in [-0.2, 0) is 6.54 Å². The molecule has 1 fully saturated rings. The Bertz CT molecular complexity index is 583. The zero-order valence-electron chi connectivity index (χ0n) is 10.2. The molecule has 1 N–H and O–H groups in total. The van der Waals surface area contributed by atoms with Gasteiger partial charge in [0.25, 0.3) is 0 Å². The van der Waals surface area contributed by atoms with Crippen LogP contribution in [0.1, 0.15) is 18.7 Å². The van der Waals surface area contributed by atoms with Crippen LogP contribution in [0.15, 0.2) is 27.2 Å². The first-order chi connectivity index (χ1) is 9.22. The lowest BCUT2D eigenvalue weighted by Crippen LogP contribution is -2.16. The highest BCUT2D eigenvalue weighted by molar-refractivity contribution is 9.10. The average molecular weight is 326 g/mol. The summed E-state index contributed by atoms with van der Waals surface area (Å²) in [7, 11) is 0. The highest BCUT2D eigenvalue weighted by Gasteiger charge is 2.20. The van der Waals surface area contributed by atoms with Gasteiger partial charge in [-0.05, 0) is 43.5 Å². The molecular weight excluding hydrogens is 313 g/mol. The molecule has 1 aliphatic rings. The summed E-state index contributed by atoms with van der Waals surface area (Å²) in [5, 5.41) is 7.15. The monoisotopic (exact) mass is 325 g/mol. The summed E-state index contributed by atoms with van der Waals surface area (Å²) in [5.41, 5.74) is 0.595. The number of hydrogen-bond donors (Lipinski definition) is 1. The van der Waals surface area contributed by atoms with Gasteiger partial charge in [0.1, 0.15) is 5.82 Å². The first-order valence-electron chi connectivity index (χ1n) is 6.21. The summed E-state index contributed by atoms with van der Waals surface area (Å²) >= 11 is 3.35. The van der Waals surface area contributed by atoms with E-state index < -0.39 is 0 Å². The highest BCUT2D eigenvalue weighted by atomic mass is 79.9. The van der Waals surface area contributed by atoms with Crippen LogP contribution in [0.3, 0.4) is 0 Å².